The van der Waals surface area contributed by atoms with Crippen molar-refractivity contribution in [1.29, 1.82) is 0 Å². The van der Waals surface area contributed by atoms with E-state index in [1.807, 2.05) is 0 Å². The average molecular weight is 450 g/mol. The standard InChI is InChI=1S/C21H21Cl2N3O4/c1-10(27)16-9-14(19(28)24-17-8-12(23)4-6-18(17)30-2)21(26-16)13-7-11(22)3-5-15(13)25-20(21)29/h3-8,10,14,16,26-27H,9H2,1-2H3,(H,24,28)(H,25,29)/t10-,14-,16+,21+/m0/s1. The molecule has 0 unspecified atom stereocenters. The Morgan fingerprint density at radius 2 is 1.97 bits per heavy atom. The molecule has 7 nitrogen and oxygen atoms in total. The Morgan fingerprint density at radius 3 is 2.67 bits per heavy atom. The Kier molecular flexibility index (Phi) is 5.40. The molecule has 4 rings (SSSR count). The van der Waals surface area contributed by atoms with Crippen molar-refractivity contribution in [3.63, 3.8) is 0 Å². The largest absolute Gasteiger partial charge is 0.495 e. The minimum Gasteiger partial charge on any atom is -0.495 e. The van der Waals surface area contributed by atoms with E-state index in [0.717, 1.165) is 0 Å². The number of fused-ring (bicyclic) bond motifs is 2. The number of carbonyl (C=O) groups excluding carboxylic acids is 2. The number of nitrogens with one attached hydrogen (secondary N) is 3. The Hall–Kier alpha value is -2.32. The monoisotopic (exact) mass is 449 g/mol. The highest BCUT2D eigenvalue weighted by molar-refractivity contribution is 6.31. The van der Waals surface area contributed by atoms with Crippen molar-refractivity contribution in [1.82, 2.24) is 5.32 Å². The highest BCUT2D eigenvalue weighted by Gasteiger charge is 2.60. The summed E-state index contributed by atoms with van der Waals surface area (Å²) in [5.41, 5.74) is 0.218. The summed E-state index contributed by atoms with van der Waals surface area (Å²) in [4.78, 5) is 26.6. The molecule has 1 spiro atoms. The van der Waals surface area contributed by atoms with Crippen molar-refractivity contribution in [3.8, 4) is 5.75 Å². The third-order valence-corrected chi connectivity index (χ3v) is 6.23. The third kappa shape index (κ3) is 3.32. The predicted molar refractivity (Wildman–Crippen MR) is 115 cm³/mol. The highest BCUT2D eigenvalue weighted by atomic mass is 35.5. The van der Waals surface area contributed by atoms with Crippen LogP contribution in [-0.4, -0.2) is 36.2 Å². The summed E-state index contributed by atoms with van der Waals surface area (Å²) in [6.45, 7) is 1.62. The topological polar surface area (TPSA) is 99.7 Å². The van der Waals surface area contributed by atoms with Crippen molar-refractivity contribution in [2.45, 2.75) is 31.0 Å². The number of amides is 2. The van der Waals surface area contributed by atoms with Gasteiger partial charge in [-0.05, 0) is 49.7 Å². The lowest BCUT2D eigenvalue weighted by Crippen LogP contribution is -2.53. The molecule has 158 valence electrons. The maximum absolute atomic E-state index is 13.4. The number of ether oxygens (including phenoxy) is 1. The number of benzene rings is 2. The second kappa shape index (κ2) is 7.74. The van der Waals surface area contributed by atoms with Crippen LogP contribution < -0.4 is 20.7 Å². The molecule has 2 aromatic carbocycles. The molecule has 1 fully saturated rings. The molecule has 4 N–H and O–H groups in total. The predicted octanol–water partition coefficient (Wildman–Crippen LogP) is 3.15. The van der Waals surface area contributed by atoms with E-state index in [0.29, 0.717) is 32.7 Å². The number of aliphatic hydroxyl groups excluding tert-OH is 1. The number of hydrogen-bond donors (Lipinski definition) is 4. The molecule has 0 aliphatic carbocycles. The fourth-order valence-corrected chi connectivity index (χ4v) is 4.63. The molecule has 0 aromatic heterocycles. The number of halogens is 2. The van der Waals surface area contributed by atoms with Crippen molar-refractivity contribution in [2.24, 2.45) is 5.92 Å². The summed E-state index contributed by atoms with van der Waals surface area (Å²) >= 11 is 12.3. The molecule has 2 amide bonds. The van der Waals surface area contributed by atoms with Gasteiger partial charge in [0.25, 0.3) is 0 Å². The number of carbonyl (C=O) groups is 2. The van der Waals surface area contributed by atoms with E-state index < -0.39 is 29.5 Å². The Balaban J connectivity index is 1.76. The smallest absolute Gasteiger partial charge is 0.250 e. The van der Waals surface area contributed by atoms with Gasteiger partial charge in [0.2, 0.25) is 11.8 Å². The Labute approximate surface area is 183 Å². The van der Waals surface area contributed by atoms with Crippen LogP contribution in [0.5, 0.6) is 5.75 Å². The molecule has 1 saturated heterocycles. The van der Waals surface area contributed by atoms with E-state index in [1.165, 1.54) is 7.11 Å². The minimum absolute atomic E-state index is 0.256. The second-order valence-electron chi connectivity index (χ2n) is 7.57. The molecule has 0 bridgehead atoms. The Bertz CT molecular complexity index is 1030. The van der Waals surface area contributed by atoms with Crippen molar-refractivity contribution in [3.05, 3.63) is 52.0 Å². The first-order valence-electron chi connectivity index (χ1n) is 9.48. The first kappa shape index (κ1) is 20.9. The van der Waals surface area contributed by atoms with E-state index in [9.17, 15) is 14.7 Å². The van der Waals surface area contributed by atoms with Crippen LogP contribution in [0.3, 0.4) is 0 Å². The fraction of sp³-hybridized carbons (Fsp3) is 0.333. The normalized spacial score (nSPS) is 25.7. The lowest BCUT2D eigenvalue weighted by atomic mass is 9.79. The molecular formula is C21H21Cl2N3O4. The molecule has 2 aliphatic rings. The second-order valence-corrected chi connectivity index (χ2v) is 8.44. The van der Waals surface area contributed by atoms with Gasteiger partial charge in [0.05, 0.1) is 24.8 Å². The van der Waals surface area contributed by atoms with E-state index >= 15 is 0 Å². The van der Waals surface area contributed by atoms with Crippen LogP contribution in [-0.2, 0) is 15.1 Å². The van der Waals surface area contributed by atoms with Crippen molar-refractivity contribution >= 4 is 46.4 Å². The summed E-state index contributed by atoms with van der Waals surface area (Å²) in [7, 11) is 1.49. The van der Waals surface area contributed by atoms with Crippen LogP contribution in [0.2, 0.25) is 10.0 Å². The minimum atomic E-state index is -1.35. The zero-order valence-electron chi connectivity index (χ0n) is 16.3. The molecule has 9 heteroatoms. The molecule has 0 saturated carbocycles. The van der Waals surface area contributed by atoms with Gasteiger partial charge in [-0.3, -0.25) is 14.9 Å². The summed E-state index contributed by atoms with van der Waals surface area (Å²) in [6.07, 6.45) is -0.511. The summed E-state index contributed by atoms with van der Waals surface area (Å²) in [5, 5.41) is 20.0. The zero-order chi connectivity index (χ0) is 21.6. The SMILES string of the molecule is COc1ccc(Cl)cc1NC(=O)[C@@H]1C[C@H]([C@H](C)O)N[C@@]12C(=O)Nc1ccc(Cl)cc12. The number of methoxy groups -OCH3 is 1. The van der Waals surface area contributed by atoms with Gasteiger partial charge in [-0.25, -0.2) is 0 Å². The van der Waals surface area contributed by atoms with Crippen LogP contribution in [0.4, 0.5) is 11.4 Å². The highest BCUT2D eigenvalue weighted by Crippen LogP contribution is 2.48. The van der Waals surface area contributed by atoms with Crippen LogP contribution in [0.1, 0.15) is 18.9 Å². The molecule has 2 aromatic rings. The van der Waals surface area contributed by atoms with Gasteiger partial charge in [0, 0.05) is 27.3 Å². The first-order chi connectivity index (χ1) is 14.3. The summed E-state index contributed by atoms with van der Waals surface area (Å²) in [6, 6.07) is 9.48. The van der Waals surface area contributed by atoms with Gasteiger partial charge >= 0.3 is 0 Å². The molecule has 4 atom stereocenters. The zero-order valence-corrected chi connectivity index (χ0v) is 17.8. The third-order valence-electron chi connectivity index (χ3n) is 5.76. The van der Waals surface area contributed by atoms with Gasteiger partial charge in [-0.1, -0.05) is 23.2 Å². The van der Waals surface area contributed by atoms with E-state index in [1.54, 1.807) is 43.3 Å². The molecule has 30 heavy (non-hydrogen) atoms. The summed E-state index contributed by atoms with van der Waals surface area (Å²) in [5.74, 6) is -1.12. The maximum atomic E-state index is 13.4. The van der Waals surface area contributed by atoms with Crippen molar-refractivity contribution < 1.29 is 19.4 Å². The number of anilines is 2. The lowest BCUT2D eigenvalue weighted by molar-refractivity contribution is -0.130. The van der Waals surface area contributed by atoms with Gasteiger partial charge in [-0.2, -0.15) is 0 Å². The van der Waals surface area contributed by atoms with E-state index in [2.05, 4.69) is 16.0 Å². The number of rotatable bonds is 4. The summed E-state index contributed by atoms with van der Waals surface area (Å²) < 4.78 is 5.31. The van der Waals surface area contributed by atoms with Crippen molar-refractivity contribution in [2.75, 3.05) is 17.7 Å². The van der Waals surface area contributed by atoms with Gasteiger partial charge < -0.3 is 20.5 Å². The van der Waals surface area contributed by atoms with E-state index in [-0.39, 0.29) is 12.3 Å². The van der Waals surface area contributed by atoms with Crippen LogP contribution >= 0.6 is 23.2 Å². The molecule has 2 aliphatic heterocycles. The van der Waals surface area contributed by atoms with Gasteiger partial charge in [0.1, 0.15) is 11.3 Å². The van der Waals surface area contributed by atoms with Crippen LogP contribution in [0.25, 0.3) is 0 Å². The quantitative estimate of drug-likeness (QED) is 0.574. The maximum Gasteiger partial charge on any atom is 0.250 e. The number of aliphatic hydroxyl groups is 1. The number of hydrogen-bond acceptors (Lipinski definition) is 5. The average Bonchev–Trinajstić information content (AvgIpc) is 3.23. The van der Waals surface area contributed by atoms with E-state index in [4.69, 9.17) is 27.9 Å². The van der Waals surface area contributed by atoms with Crippen LogP contribution in [0, 0.1) is 5.92 Å². The Morgan fingerprint density at radius 1 is 1.27 bits per heavy atom. The lowest BCUT2D eigenvalue weighted by Gasteiger charge is -2.29. The van der Waals surface area contributed by atoms with Gasteiger partial charge in [0.15, 0.2) is 0 Å². The molecule has 2 heterocycles. The van der Waals surface area contributed by atoms with Gasteiger partial charge in [-0.15, -0.1) is 0 Å². The molecular weight excluding hydrogens is 429 g/mol. The molecule has 0 radical (unpaired) electrons. The van der Waals surface area contributed by atoms with Crippen LogP contribution in [0.15, 0.2) is 36.4 Å². The fourth-order valence-electron chi connectivity index (χ4n) is 4.29. The first-order valence-corrected chi connectivity index (χ1v) is 10.2.